The Labute approximate surface area is 183 Å². The molecule has 2 aromatic heterocycles. The van der Waals surface area contributed by atoms with Crippen molar-refractivity contribution in [3.63, 3.8) is 0 Å². The van der Waals surface area contributed by atoms with E-state index < -0.39 is 52.9 Å². The molecule has 7 atom stereocenters. The summed E-state index contributed by atoms with van der Waals surface area (Å²) in [6.45, 7) is -0.844. The van der Waals surface area contributed by atoms with Crippen LogP contribution in [-0.2, 0) is 31.4 Å². The van der Waals surface area contributed by atoms with Crippen LogP contribution in [-0.4, -0.2) is 60.9 Å². The molecule has 32 heavy (non-hydrogen) atoms. The van der Waals surface area contributed by atoms with Crippen LogP contribution in [0.1, 0.15) is 5.37 Å². The van der Waals surface area contributed by atoms with Gasteiger partial charge in [0.25, 0.3) is 23.5 Å². The number of phosphoric ester groups is 2. The van der Waals surface area contributed by atoms with E-state index in [-0.39, 0.29) is 17.0 Å². The normalized spacial score (nSPS) is 29.4. The molecular formula is C11H15N5O12P3S-3. The van der Waals surface area contributed by atoms with E-state index in [2.05, 4.69) is 32.6 Å². The molecule has 1 aliphatic rings. The number of nitrogen functional groups attached to an aromatic ring is 1. The summed E-state index contributed by atoms with van der Waals surface area (Å²) in [5.74, 6) is 0.0801. The lowest BCUT2D eigenvalue weighted by molar-refractivity contribution is -0.250. The first-order valence-electron chi connectivity index (χ1n) is 8.26. The number of imidazole rings is 1. The molecule has 3 heterocycles. The summed E-state index contributed by atoms with van der Waals surface area (Å²) in [5.41, 5.74) is 6.18. The van der Waals surface area contributed by atoms with E-state index >= 15 is 0 Å². The number of fused-ring (bicyclic) bond motifs is 1. The Morgan fingerprint density at radius 1 is 1.09 bits per heavy atom. The van der Waals surface area contributed by atoms with E-state index in [9.17, 15) is 38.6 Å². The number of rotatable bonds is 9. The molecule has 3 rings (SSSR count). The van der Waals surface area contributed by atoms with Gasteiger partial charge >= 0.3 is 0 Å². The van der Waals surface area contributed by atoms with Gasteiger partial charge in [-0.1, -0.05) is 0 Å². The van der Waals surface area contributed by atoms with Crippen LogP contribution < -0.4 is 20.4 Å². The molecule has 0 aromatic carbocycles. The van der Waals surface area contributed by atoms with Gasteiger partial charge in [-0.2, -0.15) is 0 Å². The average molecular weight is 534 g/mol. The number of phosphoric acid groups is 3. The summed E-state index contributed by atoms with van der Waals surface area (Å²) >= 11 is 0.866. The Morgan fingerprint density at radius 3 is 2.41 bits per heavy atom. The second-order valence-corrected chi connectivity index (χ2v) is 12.1. The Morgan fingerprint density at radius 2 is 1.75 bits per heavy atom. The molecule has 17 nitrogen and oxygen atoms in total. The van der Waals surface area contributed by atoms with Crippen LogP contribution in [0.3, 0.4) is 0 Å². The highest BCUT2D eigenvalue weighted by Gasteiger charge is 2.44. The lowest BCUT2D eigenvalue weighted by atomic mass is 10.1. The summed E-state index contributed by atoms with van der Waals surface area (Å²) in [6, 6.07) is 0. The second-order valence-electron chi connectivity index (χ2n) is 6.11. The smallest absolute Gasteiger partial charge is 0.280 e. The fourth-order valence-electron chi connectivity index (χ4n) is 2.63. The van der Waals surface area contributed by atoms with Crippen molar-refractivity contribution >= 4 is 52.2 Å². The van der Waals surface area contributed by atoms with E-state index in [0.717, 1.165) is 18.1 Å². The predicted octanol–water partition coefficient (Wildman–Crippen LogP) is -2.15. The molecule has 4 N–H and O–H groups in total. The number of aliphatic hydroxyl groups excluding tert-OH is 2. The molecule has 1 aliphatic heterocycles. The number of hydrogen-bond acceptors (Lipinski definition) is 17. The molecular weight excluding hydrogens is 519 g/mol. The molecule has 2 aromatic rings. The number of aliphatic hydroxyl groups is 2. The number of anilines is 1. The van der Waals surface area contributed by atoms with E-state index in [1.54, 1.807) is 0 Å². The van der Waals surface area contributed by atoms with Crippen LogP contribution in [0.2, 0.25) is 0 Å². The molecule has 180 valence electrons. The lowest BCUT2D eigenvalue weighted by Gasteiger charge is -2.34. The molecule has 0 spiro atoms. The summed E-state index contributed by atoms with van der Waals surface area (Å²) in [7, 11) is -16.4. The molecule has 0 amide bonds. The molecule has 0 saturated carbocycles. The highest BCUT2D eigenvalue weighted by Crippen LogP contribution is 2.62. The van der Waals surface area contributed by atoms with Gasteiger partial charge in [-0.15, -0.1) is 11.8 Å². The van der Waals surface area contributed by atoms with E-state index in [1.807, 2.05) is 0 Å². The maximum Gasteiger partial charge on any atom is 0.280 e. The molecule has 1 saturated heterocycles. The average Bonchev–Trinajstić information content (AvgIpc) is 3.21. The summed E-state index contributed by atoms with van der Waals surface area (Å²) < 4.78 is 51.0. The highest BCUT2D eigenvalue weighted by atomic mass is 32.2. The van der Waals surface area contributed by atoms with Crippen LogP contribution in [0.25, 0.3) is 11.2 Å². The van der Waals surface area contributed by atoms with Gasteiger partial charge < -0.3 is 39.7 Å². The summed E-state index contributed by atoms with van der Waals surface area (Å²) in [5, 5.41) is 18.6. The summed E-state index contributed by atoms with van der Waals surface area (Å²) in [4.78, 5) is 46.1. The van der Waals surface area contributed by atoms with Gasteiger partial charge in [0.2, 0.25) is 0 Å². The number of nitrogens with two attached hydrogens (primary N) is 1. The zero-order valence-electron chi connectivity index (χ0n) is 15.8. The number of nitrogens with zero attached hydrogens (tertiary/aromatic N) is 4. The first-order chi connectivity index (χ1) is 14.8. The highest BCUT2D eigenvalue weighted by molar-refractivity contribution is 8.00. The fourth-order valence-corrected chi connectivity index (χ4v) is 7.32. The van der Waals surface area contributed by atoms with Gasteiger partial charge in [0.15, 0.2) is 11.5 Å². The number of hydrogen-bond donors (Lipinski definition) is 3. The van der Waals surface area contributed by atoms with Crippen molar-refractivity contribution in [3.8, 4) is 0 Å². The third-order valence-corrected chi connectivity index (χ3v) is 9.68. The second kappa shape index (κ2) is 9.35. The number of aromatic nitrogens is 4. The topological polar surface area (TPSA) is 267 Å². The van der Waals surface area contributed by atoms with Crippen molar-refractivity contribution in [2.24, 2.45) is 0 Å². The van der Waals surface area contributed by atoms with Gasteiger partial charge in [-0.3, -0.25) is 18.3 Å². The van der Waals surface area contributed by atoms with Gasteiger partial charge in [0, 0.05) is 7.11 Å². The monoisotopic (exact) mass is 534 g/mol. The SMILES string of the molecule is COP(=O)([O-])OP(=O)([O-])OP(=O)([O-])OC[C@H]1S[C@@H](n2cnc3c(N)ncnc32)[C@H](O)[C@@H]1O. The quantitative estimate of drug-likeness (QED) is 0.289. The van der Waals surface area contributed by atoms with Gasteiger partial charge in [-0.25, -0.2) is 23.6 Å². The Hall–Kier alpha value is -0.970. The minimum atomic E-state index is -5.93. The zero-order chi connectivity index (χ0) is 23.9. The molecule has 0 bridgehead atoms. The fraction of sp³-hybridized carbons (Fsp3) is 0.545. The molecule has 0 radical (unpaired) electrons. The molecule has 3 unspecified atom stereocenters. The first kappa shape index (κ1) is 25.6. The first-order valence-corrected chi connectivity index (χ1v) is 13.6. The van der Waals surface area contributed by atoms with E-state index in [0.29, 0.717) is 7.11 Å². The molecule has 0 aliphatic carbocycles. The van der Waals surface area contributed by atoms with Crippen LogP contribution in [0.4, 0.5) is 5.82 Å². The lowest BCUT2D eigenvalue weighted by Crippen LogP contribution is -2.33. The van der Waals surface area contributed by atoms with Crippen LogP contribution in [0, 0.1) is 0 Å². The van der Waals surface area contributed by atoms with E-state index in [1.165, 1.54) is 10.9 Å². The van der Waals surface area contributed by atoms with Crippen LogP contribution in [0.15, 0.2) is 12.7 Å². The van der Waals surface area contributed by atoms with Crippen molar-refractivity contribution in [2.75, 3.05) is 19.5 Å². The third kappa shape index (κ3) is 5.74. The van der Waals surface area contributed by atoms with Gasteiger partial charge in [0.05, 0.1) is 24.3 Å². The maximum atomic E-state index is 11.8. The molecule has 1 fully saturated rings. The van der Waals surface area contributed by atoms with Crippen LogP contribution in [0.5, 0.6) is 0 Å². The Kier molecular flexibility index (Phi) is 7.49. The molecule has 21 heteroatoms. The third-order valence-electron chi connectivity index (χ3n) is 4.02. The van der Waals surface area contributed by atoms with Crippen molar-refractivity contribution < 1.29 is 56.3 Å². The number of thioether (sulfide) groups is 1. The van der Waals surface area contributed by atoms with Gasteiger partial charge in [0.1, 0.15) is 23.3 Å². The minimum Gasteiger partial charge on any atom is -0.756 e. The van der Waals surface area contributed by atoms with E-state index in [4.69, 9.17) is 5.73 Å². The van der Waals surface area contributed by atoms with Gasteiger partial charge in [-0.05, 0) is 0 Å². The van der Waals surface area contributed by atoms with Crippen LogP contribution >= 0.6 is 35.2 Å². The minimum absolute atomic E-state index is 0.0801. The van der Waals surface area contributed by atoms with Crippen molar-refractivity contribution in [1.82, 2.24) is 19.5 Å². The Balaban J connectivity index is 1.68. The largest absolute Gasteiger partial charge is 0.756 e. The standard InChI is InChI=1S/C11H18N5O12P3S/c1-25-29(19,20)27-31(23,24)28-30(21,22)26-2-5-7(17)8(18)11(32-5)16-4-15-6-9(12)13-3-14-10(6)16/h3-5,7-8,11,17-18H,2H2,1H3,(H,19,20)(H,21,22)(H,23,24)(H2,12,13,14)/p-3/t5-,7-,8-,11-/m1/s1. The summed E-state index contributed by atoms with van der Waals surface area (Å²) in [6.07, 6.45) is -0.503. The van der Waals surface area contributed by atoms with Crippen molar-refractivity contribution in [2.45, 2.75) is 22.8 Å². The maximum absolute atomic E-state index is 11.8. The zero-order valence-corrected chi connectivity index (χ0v) is 19.3. The predicted molar refractivity (Wildman–Crippen MR) is 100 cm³/mol. The van der Waals surface area contributed by atoms with Crippen molar-refractivity contribution in [3.05, 3.63) is 12.7 Å². The van der Waals surface area contributed by atoms with Crippen molar-refractivity contribution in [1.29, 1.82) is 0 Å². The Bertz CT molecular complexity index is 1130.